The molecule has 0 aliphatic carbocycles. The zero-order chi connectivity index (χ0) is 15.2. The summed E-state index contributed by atoms with van der Waals surface area (Å²) in [4.78, 5) is 21.8. The Balaban J connectivity index is 3.00. The van der Waals surface area contributed by atoms with E-state index in [4.69, 9.17) is 10.5 Å². The molecule has 0 aliphatic heterocycles. The van der Waals surface area contributed by atoms with E-state index < -0.39 is 29.1 Å². The topological polar surface area (TPSA) is 116 Å². The fraction of sp³-hybridized carbons (Fsp3) is 0.462. The molecule has 7 heteroatoms. The van der Waals surface area contributed by atoms with Gasteiger partial charge >= 0.3 is 5.97 Å². The summed E-state index contributed by atoms with van der Waals surface area (Å²) in [5.74, 6) is -0.849. The quantitative estimate of drug-likeness (QED) is 0.417. The van der Waals surface area contributed by atoms with E-state index in [0.29, 0.717) is 5.56 Å². The number of benzene rings is 1. The van der Waals surface area contributed by atoms with Crippen molar-refractivity contribution in [1.29, 1.82) is 0 Å². The highest BCUT2D eigenvalue weighted by Crippen LogP contribution is 2.18. The van der Waals surface area contributed by atoms with E-state index in [1.54, 1.807) is 37.3 Å². The number of aliphatic hydroxyl groups excluding tert-OH is 1. The number of aliphatic hydroxyl groups is 1. The molecule has 20 heavy (non-hydrogen) atoms. The Bertz CT molecular complexity index is 465. The fourth-order valence-corrected chi connectivity index (χ4v) is 1.83. The lowest BCUT2D eigenvalue weighted by atomic mass is 9.86. The van der Waals surface area contributed by atoms with E-state index in [1.165, 1.54) is 0 Å². The van der Waals surface area contributed by atoms with Crippen LogP contribution < -0.4 is 5.73 Å². The predicted molar refractivity (Wildman–Crippen MR) is 71.6 cm³/mol. The van der Waals surface area contributed by atoms with Gasteiger partial charge in [-0.15, -0.1) is 0 Å². The number of nitrogens with two attached hydrogens (primary N) is 1. The van der Waals surface area contributed by atoms with Crippen LogP contribution in [0, 0.1) is 10.1 Å². The summed E-state index contributed by atoms with van der Waals surface area (Å²) in [6, 6.07) is 8.74. The number of hydrogen-bond donors (Lipinski definition) is 2. The number of esters is 1. The summed E-state index contributed by atoms with van der Waals surface area (Å²) >= 11 is 0. The number of hydrogen-bond acceptors (Lipinski definition) is 6. The number of carbonyl (C=O) groups excluding carboxylic acids is 1. The summed E-state index contributed by atoms with van der Waals surface area (Å²) < 4.78 is 4.84. The van der Waals surface area contributed by atoms with Crippen molar-refractivity contribution >= 4 is 5.97 Å². The van der Waals surface area contributed by atoms with Crippen LogP contribution in [0.25, 0.3) is 0 Å². The largest absolute Gasteiger partial charge is 0.465 e. The Morgan fingerprint density at radius 1 is 1.50 bits per heavy atom. The standard InChI is InChI=1S/C13H18N2O5/c1-2-20-12(17)13(14,11(16)9-15(18)19)8-10-6-4-3-5-7-10/h3-7,11,16H,2,8-9,14H2,1H3. The molecule has 0 aromatic heterocycles. The van der Waals surface area contributed by atoms with Gasteiger partial charge in [0.2, 0.25) is 6.54 Å². The van der Waals surface area contributed by atoms with Crippen LogP contribution in [0.1, 0.15) is 12.5 Å². The first-order valence-corrected chi connectivity index (χ1v) is 6.20. The summed E-state index contributed by atoms with van der Waals surface area (Å²) in [5, 5.41) is 20.5. The predicted octanol–water partition coefficient (Wildman–Crippen LogP) is 0.127. The van der Waals surface area contributed by atoms with Crippen LogP contribution in [0.2, 0.25) is 0 Å². The molecule has 0 amide bonds. The number of nitrogens with zero attached hydrogens (tertiary/aromatic N) is 1. The Hall–Kier alpha value is -1.99. The zero-order valence-corrected chi connectivity index (χ0v) is 11.2. The Morgan fingerprint density at radius 2 is 2.10 bits per heavy atom. The molecule has 2 unspecified atom stereocenters. The maximum Gasteiger partial charge on any atom is 0.329 e. The lowest BCUT2D eigenvalue weighted by Gasteiger charge is -2.29. The lowest BCUT2D eigenvalue weighted by Crippen LogP contribution is -2.61. The number of ether oxygens (including phenoxy) is 1. The first-order chi connectivity index (χ1) is 9.40. The normalized spacial score (nSPS) is 15.2. The van der Waals surface area contributed by atoms with Gasteiger partial charge in [-0.2, -0.15) is 0 Å². The third kappa shape index (κ3) is 4.01. The molecule has 1 rings (SSSR count). The molecule has 0 heterocycles. The van der Waals surface area contributed by atoms with E-state index in [1.807, 2.05) is 0 Å². The lowest BCUT2D eigenvalue weighted by molar-refractivity contribution is -0.492. The molecular formula is C13H18N2O5. The Morgan fingerprint density at radius 3 is 2.60 bits per heavy atom. The van der Waals surface area contributed by atoms with E-state index in [2.05, 4.69) is 0 Å². The Kier molecular flexibility index (Phi) is 5.60. The number of nitro groups is 1. The van der Waals surface area contributed by atoms with Crippen LogP contribution in [0.3, 0.4) is 0 Å². The highest BCUT2D eigenvalue weighted by molar-refractivity contribution is 5.82. The second-order valence-electron chi connectivity index (χ2n) is 4.45. The van der Waals surface area contributed by atoms with Crippen molar-refractivity contribution in [2.24, 2.45) is 5.73 Å². The average Bonchev–Trinajstić information content (AvgIpc) is 2.39. The van der Waals surface area contributed by atoms with Crippen LogP contribution in [-0.2, 0) is 16.0 Å². The van der Waals surface area contributed by atoms with Crippen molar-refractivity contribution < 1.29 is 19.6 Å². The van der Waals surface area contributed by atoms with Gasteiger partial charge in [-0.05, 0) is 12.5 Å². The molecule has 0 spiro atoms. The molecular weight excluding hydrogens is 264 g/mol. The van der Waals surface area contributed by atoms with E-state index in [-0.39, 0.29) is 13.0 Å². The minimum atomic E-state index is -1.84. The molecule has 0 saturated carbocycles. The average molecular weight is 282 g/mol. The summed E-state index contributed by atoms with van der Waals surface area (Å²) in [6.45, 7) is 0.862. The molecule has 2 atom stereocenters. The van der Waals surface area contributed by atoms with Crippen molar-refractivity contribution in [2.75, 3.05) is 13.2 Å². The molecule has 7 nitrogen and oxygen atoms in total. The van der Waals surface area contributed by atoms with E-state index in [9.17, 15) is 20.0 Å². The second kappa shape index (κ2) is 6.97. The summed E-state index contributed by atoms with van der Waals surface area (Å²) in [6.07, 6.45) is -1.67. The van der Waals surface area contributed by atoms with Crippen molar-refractivity contribution in [2.45, 2.75) is 25.0 Å². The minimum absolute atomic E-state index is 0.0400. The maximum atomic E-state index is 12.0. The van der Waals surface area contributed by atoms with Gasteiger partial charge in [-0.3, -0.25) is 10.1 Å². The first-order valence-electron chi connectivity index (χ1n) is 6.20. The third-order valence-electron chi connectivity index (χ3n) is 2.91. The molecule has 0 bridgehead atoms. The zero-order valence-electron chi connectivity index (χ0n) is 11.2. The molecule has 1 aromatic rings. The molecule has 0 aliphatic rings. The number of rotatable bonds is 7. The molecule has 0 fully saturated rings. The molecule has 1 aromatic carbocycles. The van der Waals surface area contributed by atoms with Gasteiger partial charge in [-0.25, -0.2) is 4.79 Å². The van der Waals surface area contributed by atoms with Crippen molar-refractivity contribution in [1.82, 2.24) is 0 Å². The van der Waals surface area contributed by atoms with Crippen LogP contribution in [0.5, 0.6) is 0 Å². The van der Waals surface area contributed by atoms with Gasteiger partial charge in [0.1, 0.15) is 6.10 Å². The highest BCUT2D eigenvalue weighted by Gasteiger charge is 2.45. The van der Waals surface area contributed by atoms with Crippen LogP contribution in [0.15, 0.2) is 30.3 Å². The number of carbonyl (C=O) groups is 1. The van der Waals surface area contributed by atoms with E-state index >= 15 is 0 Å². The molecule has 3 N–H and O–H groups in total. The monoisotopic (exact) mass is 282 g/mol. The van der Waals surface area contributed by atoms with Crippen molar-refractivity contribution in [3.63, 3.8) is 0 Å². The first kappa shape index (κ1) is 16.1. The van der Waals surface area contributed by atoms with Crippen LogP contribution in [-0.4, -0.2) is 40.8 Å². The van der Waals surface area contributed by atoms with Crippen molar-refractivity contribution in [3.05, 3.63) is 46.0 Å². The third-order valence-corrected chi connectivity index (χ3v) is 2.91. The van der Waals surface area contributed by atoms with Crippen molar-refractivity contribution in [3.8, 4) is 0 Å². The van der Waals surface area contributed by atoms with Crippen LogP contribution >= 0.6 is 0 Å². The van der Waals surface area contributed by atoms with Gasteiger partial charge in [0.25, 0.3) is 0 Å². The summed E-state index contributed by atoms with van der Waals surface area (Å²) in [7, 11) is 0. The molecule has 110 valence electrons. The van der Waals surface area contributed by atoms with E-state index in [0.717, 1.165) is 0 Å². The van der Waals surface area contributed by atoms with Gasteiger partial charge in [0.15, 0.2) is 5.54 Å². The summed E-state index contributed by atoms with van der Waals surface area (Å²) in [5.41, 5.74) is 4.77. The molecule has 0 radical (unpaired) electrons. The van der Waals surface area contributed by atoms with Gasteiger partial charge in [0.05, 0.1) is 6.61 Å². The molecule has 0 saturated heterocycles. The smallest absolute Gasteiger partial charge is 0.329 e. The van der Waals surface area contributed by atoms with Crippen LogP contribution in [0.4, 0.5) is 0 Å². The Labute approximate surface area is 116 Å². The second-order valence-corrected chi connectivity index (χ2v) is 4.45. The van der Waals surface area contributed by atoms with Gasteiger partial charge in [-0.1, -0.05) is 30.3 Å². The van der Waals surface area contributed by atoms with Gasteiger partial charge in [0, 0.05) is 11.3 Å². The minimum Gasteiger partial charge on any atom is -0.465 e. The highest BCUT2D eigenvalue weighted by atomic mass is 16.6. The maximum absolute atomic E-state index is 12.0. The SMILES string of the molecule is CCOC(=O)C(N)(Cc1ccccc1)C(O)C[N+](=O)[O-]. The van der Waals surface area contributed by atoms with Gasteiger partial charge < -0.3 is 15.6 Å². The fourth-order valence-electron chi connectivity index (χ4n) is 1.83.